The smallest absolute Gasteiger partial charge is 0.136 e. The van der Waals surface area contributed by atoms with Gasteiger partial charge in [0.15, 0.2) is 0 Å². The summed E-state index contributed by atoms with van der Waals surface area (Å²) in [6.07, 6.45) is 10.4. The van der Waals surface area contributed by atoms with Crippen molar-refractivity contribution >= 4 is 72.0 Å². The Morgan fingerprint density at radius 2 is 1.20 bits per heavy atom. The molecule has 0 unspecified atom stereocenters. The second-order valence-corrected chi connectivity index (χ2v) is 15.6. The van der Waals surface area contributed by atoms with E-state index in [4.69, 9.17) is 4.42 Å². The van der Waals surface area contributed by atoms with E-state index in [1.807, 2.05) is 18.2 Å². The number of furan rings is 1. The number of fused-ring (bicyclic) bond motifs is 9. The molecule has 1 nitrogen and oxygen atoms in total. The number of rotatable bonds is 5. The van der Waals surface area contributed by atoms with Crippen molar-refractivity contribution in [1.82, 2.24) is 0 Å². The molecule has 8 aromatic carbocycles. The Bertz CT molecular complexity index is 3330. The summed E-state index contributed by atoms with van der Waals surface area (Å²) in [6.45, 7) is 17.4. The first-order chi connectivity index (χ1) is 27.3. The Balaban J connectivity index is 1.20. The first-order valence-corrected chi connectivity index (χ1v) is 19.5. The van der Waals surface area contributed by atoms with Gasteiger partial charge in [0.25, 0.3) is 0 Å². The van der Waals surface area contributed by atoms with Crippen molar-refractivity contribution in [2.75, 3.05) is 0 Å². The van der Waals surface area contributed by atoms with Crippen molar-refractivity contribution in [3.05, 3.63) is 186 Å². The fourth-order valence-corrected chi connectivity index (χ4v) is 9.62. The molecule has 10 rings (SSSR count). The standard InChI is InChI=1S/C55H42O/c1-7-10-17-33(4)39-25-26-45(41-19-12-11-18-40(39)41)54-38(9-3)37(8-2)53(43-21-13-14-22-44(43)54)34-24-27-49-46(28-34)47-29-36-32-52-48(42-20-15-16-23-51(42)56-52)30-35(36)31-50(47)55(49,5)6/h7-32H,1,4H2,2-3,5-6H3/b17-10-,37-8+,38-9?. The molecule has 0 radical (unpaired) electrons. The molecule has 0 fully saturated rings. The molecule has 0 saturated carbocycles. The van der Waals surface area contributed by atoms with E-state index in [-0.39, 0.29) is 5.41 Å². The summed E-state index contributed by atoms with van der Waals surface area (Å²) in [5.74, 6) is 0. The molecule has 1 aromatic heterocycles. The average molecular weight is 719 g/mol. The van der Waals surface area contributed by atoms with Crippen LogP contribution in [0.5, 0.6) is 0 Å². The molecular formula is C55H42O. The Kier molecular flexibility index (Phi) is 7.66. The highest BCUT2D eigenvalue weighted by Crippen LogP contribution is 2.51. The number of hydrogen-bond donors (Lipinski definition) is 0. The van der Waals surface area contributed by atoms with E-state index in [1.54, 1.807) is 6.08 Å². The molecular weight excluding hydrogens is 677 g/mol. The number of para-hydroxylation sites is 1. The summed E-state index contributed by atoms with van der Waals surface area (Å²) in [5, 5.41) is 12.2. The van der Waals surface area contributed by atoms with E-state index in [0.29, 0.717) is 0 Å². The first-order valence-electron chi connectivity index (χ1n) is 19.5. The second-order valence-electron chi connectivity index (χ2n) is 15.6. The van der Waals surface area contributed by atoms with Gasteiger partial charge in [-0.3, -0.25) is 0 Å². The maximum atomic E-state index is 6.33. The molecule has 0 atom stereocenters. The zero-order chi connectivity index (χ0) is 38.3. The summed E-state index contributed by atoms with van der Waals surface area (Å²) in [5.41, 5.74) is 14.1. The van der Waals surface area contributed by atoms with E-state index in [9.17, 15) is 0 Å². The molecule has 1 heteroatoms. The number of allylic oxidation sites excluding steroid dienone is 4. The summed E-state index contributed by atoms with van der Waals surface area (Å²) in [6, 6.07) is 47.1. The van der Waals surface area contributed by atoms with Crippen molar-refractivity contribution in [2.45, 2.75) is 33.1 Å². The second kappa shape index (κ2) is 12.7. The molecule has 0 N–H and O–H groups in total. The Labute approximate surface area is 327 Å². The van der Waals surface area contributed by atoms with Gasteiger partial charge in [-0.25, -0.2) is 0 Å². The monoisotopic (exact) mass is 718 g/mol. The fraction of sp³-hybridized carbons (Fsp3) is 0.0909. The van der Waals surface area contributed by atoms with E-state index in [1.165, 1.54) is 92.6 Å². The molecule has 56 heavy (non-hydrogen) atoms. The van der Waals surface area contributed by atoms with Gasteiger partial charge in [-0.15, -0.1) is 0 Å². The normalized spacial score (nSPS) is 14.1. The van der Waals surface area contributed by atoms with Crippen LogP contribution in [0.2, 0.25) is 0 Å². The molecule has 0 saturated heterocycles. The largest absolute Gasteiger partial charge is 0.456 e. The van der Waals surface area contributed by atoms with Crippen LogP contribution < -0.4 is 10.4 Å². The molecule has 9 aromatic rings. The van der Waals surface area contributed by atoms with Crippen LogP contribution in [0.4, 0.5) is 0 Å². The topological polar surface area (TPSA) is 13.1 Å². The van der Waals surface area contributed by atoms with Gasteiger partial charge < -0.3 is 4.42 Å². The highest BCUT2D eigenvalue weighted by atomic mass is 16.3. The highest BCUT2D eigenvalue weighted by Gasteiger charge is 2.36. The van der Waals surface area contributed by atoms with Crippen molar-refractivity contribution in [1.29, 1.82) is 0 Å². The van der Waals surface area contributed by atoms with Crippen LogP contribution in [0.1, 0.15) is 44.4 Å². The molecule has 1 heterocycles. The van der Waals surface area contributed by atoms with Crippen molar-refractivity contribution in [3.63, 3.8) is 0 Å². The molecule has 0 amide bonds. The molecule has 268 valence electrons. The van der Waals surface area contributed by atoms with Crippen LogP contribution >= 0.6 is 0 Å². The molecule has 1 aliphatic carbocycles. The van der Waals surface area contributed by atoms with E-state index < -0.39 is 0 Å². The highest BCUT2D eigenvalue weighted by molar-refractivity contribution is 6.13. The zero-order valence-electron chi connectivity index (χ0n) is 32.3. The Morgan fingerprint density at radius 3 is 1.95 bits per heavy atom. The van der Waals surface area contributed by atoms with Crippen molar-refractivity contribution in [3.8, 4) is 33.4 Å². The number of hydrogen-bond acceptors (Lipinski definition) is 1. The van der Waals surface area contributed by atoms with Gasteiger partial charge in [0.05, 0.1) is 0 Å². The third kappa shape index (κ3) is 4.87. The summed E-state index contributed by atoms with van der Waals surface area (Å²) < 4.78 is 6.33. The summed E-state index contributed by atoms with van der Waals surface area (Å²) in [4.78, 5) is 0. The molecule has 0 bridgehead atoms. The van der Waals surface area contributed by atoms with Crippen molar-refractivity contribution in [2.24, 2.45) is 0 Å². The van der Waals surface area contributed by atoms with Crippen LogP contribution in [0.15, 0.2) is 163 Å². The van der Waals surface area contributed by atoms with Gasteiger partial charge in [0, 0.05) is 16.2 Å². The quantitative estimate of drug-likeness (QED) is 0.162. The Hall–Kier alpha value is -6.70. The Morgan fingerprint density at radius 1 is 0.554 bits per heavy atom. The van der Waals surface area contributed by atoms with E-state index in [0.717, 1.165) is 27.7 Å². The van der Waals surface area contributed by atoms with Gasteiger partial charge in [-0.2, -0.15) is 0 Å². The van der Waals surface area contributed by atoms with Crippen LogP contribution in [0.25, 0.3) is 105 Å². The summed E-state index contributed by atoms with van der Waals surface area (Å²) >= 11 is 0. The van der Waals surface area contributed by atoms with Gasteiger partial charge in [-0.05, 0) is 149 Å². The third-order valence-electron chi connectivity index (χ3n) is 12.3. The van der Waals surface area contributed by atoms with Crippen molar-refractivity contribution < 1.29 is 4.42 Å². The SMILES string of the molecule is C=C/C=C\C(=C)c1ccc(-c2c(=CC)/c(=C\C)c(-c3ccc4c(c3)-c3cc5cc6oc7ccccc7c6cc5cc3C4(C)C)c3ccccc23)c2ccccc12. The number of benzene rings is 8. The minimum absolute atomic E-state index is 0.140. The van der Waals surface area contributed by atoms with Gasteiger partial charge in [0.1, 0.15) is 11.2 Å². The van der Waals surface area contributed by atoms with Gasteiger partial charge >= 0.3 is 0 Å². The fourth-order valence-electron chi connectivity index (χ4n) is 9.62. The lowest BCUT2D eigenvalue weighted by Gasteiger charge is -2.22. The molecule has 0 aliphatic heterocycles. The molecule has 0 spiro atoms. The predicted molar refractivity (Wildman–Crippen MR) is 243 cm³/mol. The van der Waals surface area contributed by atoms with Crippen LogP contribution in [-0.4, -0.2) is 0 Å². The average Bonchev–Trinajstić information content (AvgIpc) is 3.69. The van der Waals surface area contributed by atoms with Gasteiger partial charge in [-0.1, -0.05) is 148 Å². The van der Waals surface area contributed by atoms with E-state index >= 15 is 0 Å². The zero-order valence-corrected chi connectivity index (χ0v) is 32.3. The lowest BCUT2D eigenvalue weighted by molar-refractivity contribution is 0.661. The van der Waals surface area contributed by atoms with Crippen LogP contribution in [-0.2, 0) is 5.41 Å². The summed E-state index contributed by atoms with van der Waals surface area (Å²) in [7, 11) is 0. The molecule has 1 aliphatic rings. The predicted octanol–water partition coefficient (Wildman–Crippen LogP) is 14.0. The van der Waals surface area contributed by atoms with Crippen LogP contribution in [0.3, 0.4) is 0 Å². The van der Waals surface area contributed by atoms with Gasteiger partial charge in [0.2, 0.25) is 0 Å². The maximum absolute atomic E-state index is 6.33. The minimum atomic E-state index is -0.140. The lowest BCUT2D eigenvalue weighted by atomic mass is 9.81. The van der Waals surface area contributed by atoms with E-state index in [2.05, 4.69) is 174 Å². The van der Waals surface area contributed by atoms with Crippen LogP contribution in [0, 0.1) is 0 Å². The minimum Gasteiger partial charge on any atom is -0.456 e. The third-order valence-corrected chi connectivity index (χ3v) is 12.3. The maximum Gasteiger partial charge on any atom is 0.136 e. The lowest BCUT2D eigenvalue weighted by Crippen LogP contribution is -2.29. The first kappa shape index (κ1) is 33.8.